The van der Waals surface area contributed by atoms with Crippen LogP contribution in [0.5, 0.6) is 0 Å². The van der Waals surface area contributed by atoms with Crippen molar-refractivity contribution in [2.75, 3.05) is 13.1 Å². The normalized spacial score (nSPS) is 17.9. The number of hydrogen-bond donors (Lipinski definition) is 2. The summed E-state index contributed by atoms with van der Waals surface area (Å²) < 4.78 is 0. The summed E-state index contributed by atoms with van der Waals surface area (Å²) in [6, 6.07) is 7.88. The van der Waals surface area contributed by atoms with E-state index in [-0.39, 0.29) is 11.8 Å². The predicted molar refractivity (Wildman–Crippen MR) is 81.4 cm³/mol. The second kappa shape index (κ2) is 7.22. The lowest BCUT2D eigenvalue weighted by Gasteiger charge is -2.29. The zero-order chi connectivity index (χ0) is 15.2. The zero-order valence-corrected chi connectivity index (χ0v) is 12.4. The molecule has 1 unspecified atom stereocenters. The highest BCUT2D eigenvalue weighted by molar-refractivity contribution is 5.90. The third-order valence-electron chi connectivity index (χ3n) is 3.84. The largest absolute Gasteiger partial charge is 0.343 e. The van der Waals surface area contributed by atoms with E-state index in [0.29, 0.717) is 0 Å². The van der Waals surface area contributed by atoms with E-state index in [1.165, 1.54) is 6.42 Å². The van der Waals surface area contributed by atoms with Gasteiger partial charge in [0.25, 0.3) is 0 Å². The fourth-order valence-corrected chi connectivity index (χ4v) is 2.56. The van der Waals surface area contributed by atoms with Crippen LogP contribution in [0.4, 0.5) is 0 Å². The van der Waals surface area contributed by atoms with Crippen molar-refractivity contribution in [1.82, 2.24) is 10.2 Å². The summed E-state index contributed by atoms with van der Waals surface area (Å²) in [5, 5.41) is 2.72. The summed E-state index contributed by atoms with van der Waals surface area (Å²) in [5.41, 5.74) is 6.67. The third-order valence-corrected chi connectivity index (χ3v) is 3.84. The van der Waals surface area contributed by atoms with Crippen LogP contribution in [0.3, 0.4) is 0 Å². The van der Waals surface area contributed by atoms with Gasteiger partial charge in [0.1, 0.15) is 12.1 Å². The van der Waals surface area contributed by atoms with Crippen LogP contribution in [-0.4, -0.2) is 35.8 Å². The molecule has 0 aromatic heterocycles. The summed E-state index contributed by atoms with van der Waals surface area (Å²) in [6.07, 6.45) is 3.25. The highest BCUT2D eigenvalue weighted by Crippen LogP contribution is 2.12. The van der Waals surface area contributed by atoms with Gasteiger partial charge in [-0.1, -0.05) is 30.3 Å². The minimum Gasteiger partial charge on any atom is -0.343 e. The summed E-state index contributed by atoms with van der Waals surface area (Å²) in [6.45, 7) is 3.28. The molecule has 1 aromatic rings. The molecule has 2 atom stereocenters. The van der Waals surface area contributed by atoms with E-state index in [1.54, 1.807) is 19.1 Å². The lowest BCUT2D eigenvalue weighted by molar-refractivity contribution is -0.137. The Morgan fingerprint density at radius 2 is 1.76 bits per heavy atom. The van der Waals surface area contributed by atoms with Crippen molar-refractivity contribution in [2.24, 2.45) is 5.73 Å². The van der Waals surface area contributed by atoms with Crippen molar-refractivity contribution < 1.29 is 9.59 Å². The van der Waals surface area contributed by atoms with E-state index >= 15 is 0 Å². The molecular formula is C16H23N3O2. The Morgan fingerprint density at radius 3 is 2.38 bits per heavy atom. The monoisotopic (exact) mass is 289 g/mol. The van der Waals surface area contributed by atoms with Gasteiger partial charge in [0.2, 0.25) is 11.8 Å². The van der Waals surface area contributed by atoms with Crippen LogP contribution in [0.2, 0.25) is 0 Å². The molecule has 1 saturated heterocycles. The molecule has 0 radical (unpaired) electrons. The molecule has 5 nitrogen and oxygen atoms in total. The van der Waals surface area contributed by atoms with Gasteiger partial charge in [0.05, 0.1) is 0 Å². The smallest absolute Gasteiger partial charge is 0.244 e. The van der Waals surface area contributed by atoms with Gasteiger partial charge in [-0.05, 0) is 31.7 Å². The van der Waals surface area contributed by atoms with Crippen molar-refractivity contribution in [2.45, 2.75) is 38.3 Å². The zero-order valence-electron chi connectivity index (χ0n) is 12.4. The maximum atomic E-state index is 12.3. The van der Waals surface area contributed by atoms with Crippen LogP contribution in [0.1, 0.15) is 37.8 Å². The number of rotatable bonds is 4. The fraction of sp³-hybridized carbons (Fsp3) is 0.500. The van der Waals surface area contributed by atoms with Crippen LogP contribution in [0, 0.1) is 0 Å². The number of benzene rings is 1. The number of piperidine rings is 1. The Hall–Kier alpha value is -1.88. The number of nitrogens with one attached hydrogen (secondary N) is 1. The average molecular weight is 289 g/mol. The highest BCUT2D eigenvalue weighted by Gasteiger charge is 2.25. The number of carbonyl (C=O) groups excluding carboxylic acids is 2. The van der Waals surface area contributed by atoms with Gasteiger partial charge >= 0.3 is 0 Å². The van der Waals surface area contributed by atoms with Crippen LogP contribution in [0.15, 0.2) is 30.3 Å². The van der Waals surface area contributed by atoms with E-state index in [2.05, 4.69) is 5.32 Å². The first kappa shape index (κ1) is 15.5. The Balaban J connectivity index is 1.90. The Morgan fingerprint density at radius 1 is 1.14 bits per heavy atom. The lowest BCUT2D eigenvalue weighted by Crippen LogP contribution is -2.50. The fourth-order valence-electron chi connectivity index (χ4n) is 2.56. The van der Waals surface area contributed by atoms with Gasteiger partial charge in [-0.2, -0.15) is 0 Å². The van der Waals surface area contributed by atoms with E-state index < -0.39 is 12.1 Å². The molecule has 0 aliphatic carbocycles. The van der Waals surface area contributed by atoms with Gasteiger partial charge in [-0.3, -0.25) is 9.59 Å². The van der Waals surface area contributed by atoms with Crippen molar-refractivity contribution in [3.63, 3.8) is 0 Å². The summed E-state index contributed by atoms with van der Waals surface area (Å²) in [5.74, 6) is -0.345. The van der Waals surface area contributed by atoms with Crippen LogP contribution < -0.4 is 11.1 Å². The Bertz CT molecular complexity index is 484. The number of carbonyl (C=O) groups is 2. The number of nitrogens with two attached hydrogens (primary N) is 1. The topological polar surface area (TPSA) is 75.4 Å². The standard InChI is InChI=1S/C16H23N3O2/c1-12(16(21)19-10-6-3-7-11-19)18-15(20)14(17)13-8-4-2-5-9-13/h2,4-5,8-9,12,14H,3,6-7,10-11,17H2,1H3,(H,18,20)/t12?,14-/m1/s1. The molecule has 2 rings (SSSR count). The molecule has 5 heteroatoms. The average Bonchev–Trinajstić information content (AvgIpc) is 2.55. The van der Waals surface area contributed by atoms with Crippen molar-refractivity contribution >= 4 is 11.8 Å². The molecule has 1 aromatic carbocycles. The Kier molecular flexibility index (Phi) is 5.33. The van der Waals surface area contributed by atoms with Gasteiger partial charge in [0, 0.05) is 13.1 Å². The number of amides is 2. The summed E-state index contributed by atoms with van der Waals surface area (Å²) in [7, 11) is 0. The quantitative estimate of drug-likeness (QED) is 0.874. The first-order valence-electron chi connectivity index (χ1n) is 7.49. The van der Waals surface area contributed by atoms with E-state index in [0.717, 1.165) is 31.5 Å². The molecule has 21 heavy (non-hydrogen) atoms. The van der Waals surface area contributed by atoms with Crippen molar-refractivity contribution in [3.05, 3.63) is 35.9 Å². The molecule has 0 saturated carbocycles. The number of likely N-dealkylation sites (tertiary alicyclic amines) is 1. The summed E-state index contributed by atoms with van der Waals surface area (Å²) >= 11 is 0. The minimum atomic E-state index is -0.747. The minimum absolute atomic E-state index is 0.0247. The third kappa shape index (κ3) is 4.04. The first-order chi connectivity index (χ1) is 10.1. The molecule has 3 N–H and O–H groups in total. The molecule has 1 fully saturated rings. The molecule has 0 bridgehead atoms. The first-order valence-corrected chi connectivity index (χ1v) is 7.49. The van der Waals surface area contributed by atoms with Gasteiger partial charge < -0.3 is 16.0 Å². The molecule has 114 valence electrons. The van der Waals surface area contributed by atoms with Gasteiger partial charge in [-0.15, -0.1) is 0 Å². The number of hydrogen-bond acceptors (Lipinski definition) is 3. The molecule has 0 spiro atoms. The number of nitrogens with zero attached hydrogens (tertiary/aromatic N) is 1. The van der Waals surface area contributed by atoms with Crippen LogP contribution in [0.25, 0.3) is 0 Å². The molecule has 1 heterocycles. The molecule has 1 aliphatic rings. The van der Waals surface area contributed by atoms with Crippen LogP contribution >= 0.6 is 0 Å². The van der Waals surface area contributed by atoms with E-state index in [1.807, 2.05) is 23.1 Å². The van der Waals surface area contributed by atoms with Crippen molar-refractivity contribution in [1.29, 1.82) is 0 Å². The Labute approximate surface area is 125 Å². The van der Waals surface area contributed by atoms with Crippen LogP contribution in [-0.2, 0) is 9.59 Å². The maximum Gasteiger partial charge on any atom is 0.244 e. The highest BCUT2D eigenvalue weighted by atomic mass is 16.2. The summed E-state index contributed by atoms with van der Waals surface area (Å²) in [4.78, 5) is 26.2. The predicted octanol–water partition coefficient (Wildman–Crippen LogP) is 1.20. The SMILES string of the molecule is CC(NC(=O)[C@H](N)c1ccccc1)C(=O)N1CCCCC1. The second-order valence-electron chi connectivity index (χ2n) is 5.50. The second-order valence-corrected chi connectivity index (χ2v) is 5.50. The molecule has 1 aliphatic heterocycles. The van der Waals surface area contributed by atoms with E-state index in [4.69, 9.17) is 5.73 Å². The van der Waals surface area contributed by atoms with Crippen molar-refractivity contribution in [3.8, 4) is 0 Å². The van der Waals surface area contributed by atoms with Gasteiger partial charge in [0.15, 0.2) is 0 Å². The maximum absolute atomic E-state index is 12.3. The molecule has 2 amide bonds. The lowest BCUT2D eigenvalue weighted by atomic mass is 10.1. The van der Waals surface area contributed by atoms with E-state index in [9.17, 15) is 9.59 Å². The van der Waals surface area contributed by atoms with Gasteiger partial charge in [-0.25, -0.2) is 0 Å². The molecular weight excluding hydrogens is 266 g/mol.